The van der Waals surface area contributed by atoms with E-state index in [1.54, 1.807) is 18.3 Å². The van der Waals surface area contributed by atoms with E-state index < -0.39 is 0 Å². The second-order valence-electron chi connectivity index (χ2n) is 5.59. The molecule has 0 unspecified atom stereocenters. The molecule has 0 aliphatic heterocycles. The van der Waals surface area contributed by atoms with Crippen LogP contribution in [0.3, 0.4) is 0 Å². The van der Waals surface area contributed by atoms with Crippen LogP contribution < -0.4 is 4.74 Å². The molecule has 94 valence electrons. The summed E-state index contributed by atoms with van der Waals surface area (Å²) in [5.41, 5.74) is 6.20. The lowest BCUT2D eigenvalue weighted by atomic mass is 9.64. The van der Waals surface area contributed by atoms with Gasteiger partial charge in [0, 0.05) is 5.41 Å². The summed E-state index contributed by atoms with van der Waals surface area (Å²) in [4.78, 5) is 0. The van der Waals surface area contributed by atoms with Crippen LogP contribution in [-0.2, 0) is 11.8 Å². The van der Waals surface area contributed by atoms with Gasteiger partial charge in [-0.15, -0.1) is 0 Å². The first-order valence-corrected chi connectivity index (χ1v) is 6.69. The topological polar surface area (TPSA) is 9.23 Å². The fourth-order valence-corrected chi connectivity index (χ4v) is 3.53. The van der Waals surface area contributed by atoms with Crippen LogP contribution in [-0.4, -0.2) is 7.11 Å². The standard InChI is InChI=1S/C17H20O/c1-12-5-4-10-17(2)15(12)8-6-13-11-14(18-3)7-9-16(13)17/h4,7,9-11H,5-6,8H2,1-3H3/t17-/m0/s1. The van der Waals surface area contributed by atoms with E-state index in [1.807, 2.05) is 0 Å². The third-order valence-corrected chi connectivity index (χ3v) is 4.53. The maximum Gasteiger partial charge on any atom is 0.119 e. The lowest BCUT2D eigenvalue weighted by Gasteiger charge is -2.40. The van der Waals surface area contributed by atoms with Crippen LogP contribution in [0.1, 0.15) is 37.8 Å². The van der Waals surface area contributed by atoms with Crippen LogP contribution in [0, 0.1) is 0 Å². The fourth-order valence-electron chi connectivity index (χ4n) is 3.53. The van der Waals surface area contributed by atoms with Gasteiger partial charge in [-0.2, -0.15) is 0 Å². The molecular formula is C17H20O. The van der Waals surface area contributed by atoms with Crippen molar-refractivity contribution < 1.29 is 4.74 Å². The molecule has 3 rings (SSSR count). The van der Waals surface area contributed by atoms with Gasteiger partial charge in [0.15, 0.2) is 0 Å². The summed E-state index contributed by atoms with van der Waals surface area (Å²) in [5, 5.41) is 0. The predicted molar refractivity (Wildman–Crippen MR) is 75.1 cm³/mol. The van der Waals surface area contributed by atoms with Crippen molar-refractivity contribution in [3.8, 4) is 5.75 Å². The van der Waals surface area contributed by atoms with Crippen molar-refractivity contribution in [3.63, 3.8) is 0 Å². The average Bonchev–Trinajstić information content (AvgIpc) is 2.38. The molecule has 0 bridgehead atoms. The minimum Gasteiger partial charge on any atom is -0.497 e. The van der Waals surface area contributed by atoms with Crippen LogP contribution in [0.5, 0.6) is 5.75 Å². The van der Waals surface area contributed by atoms with Gasteiger partial charge in [-0.05, 0) is 56.4 Å². The smallest absolute Gasteiger partial charge is 0.119 e. The third kappa shape index (κ3) is 1.53. The van der Waals surface area contributed by atoms with Gasteiger partial charge in [0.05, 0.1) is 7.11 Å². The van der Waals surface area contributed by atoms with E-state index in [0.717, 1.165) is 18.6 Å². The molecule has 0 saturated heterocycles. The van der Waals surface area contributed by atoms with E-state index in [1.165, 1.54) is 17.5 Å². The Morgan fingerprint density at radius 3 is 2.83 bits per heavy atom. The van der Waals surface area contributed by atoms with Gasteiger partial charge in [0.1, 0.15) is 5.75 Å². The molecule has 1 heteroatoms. The number of fused-ring (bicyclic) bond motifs is 3. The van der Waals surface area contributed by atoms with Crippen molar-refractivity contribution >= 4 is 0 Å². The molecule has 0 heterocycles. The van der Waals surface area contributed by atoms with Gasteiger partial charge in [-0.1, -0.05) is 29.4 Å². The summed E-state index contributed by atoms with van der Waals surface area (Å²) in [7, 11) is 1.74. The number of methoxy groups -OCH3 is 1. The second-order valence-corrected chi connectivity index (χ2v) is 5.59. The Morgan fingerprint density at radius 1 is 1.22 bits per heavy atom. The zero-order valence-corrected chi connectivity index (χ0v) is 11.4. The predicted octanol–water partition coefficient (Wildman–Crippen LogP) is 4.18. The highest BCUT2D eigenvalue weighted by Crippen LogP contribution is 2.46. The summed E-state index contributed by atoms with van der Waals surface area (Å²) < 4.78 is 5.34. The Bertz CT molecular complexity index is 551. The summed E-state index contributed by atoms with van der Waals surface area (Å²) in [5.74, 6) is 0.973. The molecule has 0 fully saturated rings. The van der Waals surface area contributed by atoms with E-state index >= 15 is 0 Å². The molecule has 1 nitrogen and oxygen atoms in total. The molecular weight excluding hydrogens is 220 g/mol. The number of hydrogen-bond donors (Lipinski definition) is 0. The zero-order chi connectivity index (χ0) is 12.8. The fraction of sp³-hybridized carbons (Fsp3) is 0.412. The van der Waals surface area contributed by atoms with Gasteiger partial charge >= 0.3 is 0 Å². The molecule has 0 N–H and O–H groups in total. The number of rotatable bonds is 1. The monoisotopic (exact) mass is 240 g/mol. The normalized spacial score (nSPS) is 25.7. The van der Waals surface area contributed by atoms with Crippen molar-refractivity contribution in [1.29, 1.82) is 0 Å². The maximum absolute atomic E-state index is 5.34. The van der Waals surface area contributed by atoms with Crippen molar-refractivity contribution in [1.82, 2.24) is 0 Å². The number of benzene rings is 1. The van der Waals surface area contributed by atoms with Crippen molar-refractivity contribution in [2.24, 2.45) is 0 Å². The number of aryl methyl sites for hydroxylation is 1. The van der Waals surface area contributed by atoms with Crippen LogP contribution in [0.4, 0.5) is 0 Å². The first kappa shape index (κ1) is 11.6. The lowest BCUT2D eigenvalue weighted by molar-refractivity contribution is 0.413. The molecule has 18 heavy (non-hydrogen) atoms. The Balaban J connectivity index is 2.17. The van der Waals surface area contributed by atoms with E-state index in [9.17, 15) is 0 Å². The number of ether oxygens (including phenoxy) is 1. The highest BCUT2D eigenvalue weighted by Gasteiger charge is 2.36. The second kappa shape index (κ2) is 4.01. The molecule has 0 radical (unpaired) electrons. The minimum absolute atomic E-state index is 0.113. The molecule has 0 spiro atoms. The van der Waals surface area contributed by atoms with Crippen LogP contribution in [0.2, 0.25) is 0 Å². The number of allylic oxidation sites excluding steroid dienone is 4. The molecule has 2 aliphatic rings. The highest BCUT2D eigenvalue weighted by molar-refractivity contribution is 5.54. The van der Waals surface area contributed by atoms with Crippen molar-refractivity contribution in [3.05, 3.63) is 52.6 Å². The Hall–Kier alpha value is -1.50. The molecule has 0 aromatic heterocycles. The highest BCUT2D eigenvalue weighted by atomic mass is 16.5. The van der Waals surface area contributed by atoms with Crippen LogP contribution in [0.25, 0.3) is 0 Å². The molecule has 0 saturated carbocycles. The summed E-state index contributed by atoms with van der Waals surface area (Å²) >= 11 is 0. The molecule has 1 aromatic rings. The van der Waals surface area contributed by atoms with Gasteiger partial charge < -0.3 is 4.74 Å². The lowest BCUT2D eigenvalue weighted by Crippen LogP contribution is -2.30. The average molecular weight is 240 g/mol. The zero-order valence-electron chi connectivity index (χ0n) is 11.4. The molecule has 1 atom stereocenters. The molecule has 1 aromatic carbocycles. The molecule has 2 aliphatic carbocycles. The number of hydrogen-bond acceptors (Lipinski definition) is 1. The van der Waals surface area contributed by atoms with Gasteiger partial charge in [0.2, 0.25) is 0 Å². The Labute approximate surface area is 109 Å². The third-order valence-electron chi connectivity index (χ3n) is 4.53. The summed E-state index contributed by atoms with van der Waals surface area (Å²) in [6.07, 6.45) is 8.16. The van der Waals surface area contributed by atoms with E-state index in [2.05, 4.69) is 44.2 Å². The van der Waals surface area contributed by atoms with Gasteiger partial charge in [-0.3, -0.25) is 0 Å². The SMILES string of the molecule is COc1ccc2c(c1)CCC1=C(C)CC=C[C@@]12C. The largest absolute Gasteiger partial charge is 0.497 e. The summed E-state index contributed by atoms with van der Waals surface area (Å²) in [6, 6.07) is 6.54. The van der Waals surface area contributed by atoms with E-state index in [4.69, 9.17) is 4.74 Å². The van der Waals surface area contributed by atoms with Gasteiger partial charge in [0.25, 0.3) is 0 Å². The Morgan fingerprint density at radius 2 is 2.06 bits per heavy atom. The Kier molecular flexibility index (Phi) is 2.58. The van der Waals surface area contributed by atoms with E-state index in [-0.39, 0.29) is 5.41 Å². The first-order valence-electron chi connectivity index (χ1n) is 6.69. The minimum atomic E-state index is 0.113. The summed E-state index contributed by atoms with van der Waals surface area (Å²) in [6.45, 7) is 4.64. The van der Waals surface area contributed by atoms with Crippen LogP contribution >= 0.6 is 0 Å². The van der Waals surface area contributed by atoms with Crippen molar-refractivity contribution in [2.75, 3.05) is 7.11 Å². The quantitative estimate of drug-likeness (QED) is 0.669. The van der Waals surface area contributed by atoms with Gasteiger partial charge in [-0.25, -0.2) is 0 Å². The first-order chi connectivity index (χ1) is 8.65. The van der Waals surface area contributed by atoms with Crippen LogP contribution in [0.15, 0.2) is 41.5 Å². The van der Waals surface area contributed by atoms with E-state index in [0.29, 0.717) is 0 Å². The maximum atomic E-state index is 5.34. The molecule has 0 amide bonds. The van der Waals surface area contributed by atoms with Crippen molar-refractivity contribution in [2.45, 2.75) is 38.5 Å².